The van der Waals surface area contributed by atoms with Gasteiger partial charge in [-0.1, -0.05) is 29.8 Å². The van der Waals surface area contributed by atoms with E-state index in [2.05, 4.69) is 0 Å². The number of non-ortho nitro benzene ring substituents is 1. The SMILES string of the molecule is COc1cccc(C2C3=CCC4C(=O)N(c5cccc([N+](=O)[O-])c5)C(=O)C4C3CC3=C2C(=O)C=C(C)C3=O)c1O. The number of hydrogen-bond acceptors (Lipinski definition) is 8. The molecule has 2 aromatic carbocycles. The molecule has 6 rings (SSSR count). The number of Topliss-reactive ketones (excluding diaryl/α,β-unsaturated/α-hetero) is 1. The summed E-state index contributed by atoms with van der Waals surface area (Å²) in [6.07, 6.45) is 3.42. The Morgan fingerprint density at radius 2 is 1.80 bits per heavy atom. The molecule has 0 aromatic heterocycles. The van der Waals surface area contributed by atoms with Crippen LogP contribution in [0.1, 0.15) is 31.2 Å². The summed E-state index contributed by atoms with van der Waals surface area (Å²) in [7, 11) is 1.41. The maximum absolute atomic E-state index is 13.9. The number of phenolic OH excluding ortho intramolecular Hbond substituents is 1. The summed E-state index contributed by atoms with van der Waals surface area (Å²) in [4.78, 5) is 66.0. The number of benzene rings is 2. The first kappa shape index (κ1) is 25.4. The number of nitro groups is 1. The van der Waals surface area contributed by atoms with Crippen LogP contribution in [0.25, 0.3) is 0 Å². The van der Waals surface area contributed by atoms with E-state index in [4.69, 9.17) is 4.74 Å². The lowest BCUT2D eigenvalue weighted by atomic mass is 9.59. The van der Waals surface area contributed by atoms with Gasteiger partial charge in [-0.15, -0.1) is 0 Å². The van der Waals surface area contributed by atoms with Crippen LogP contribution < -0.4 is 9.64 Å². The third kappa shape index (κ3) is 3.55. The number of amides is 2. The molecule has 1 heterocycles. The summed E-state index contributed by atoms with van der Waals surface area (Å²) in [6, 6.07) is 10.3. The number of anilines is 1. The van der Waals surface area contributed by atoms with Crippen molar-refractivity contribution < 1.29 is 33.9 Å². The van der Waals surface area contributed by atoms with Gasteiger partial charge in [0.15, 0.2) is 23.1 Å². The fraction of sp³-hybridized carbons (Fsp3) is 0.267. The highest BCUT2D eigenvalue weighted by Gasteiger charge is 2.57. The van der Waals surface area contributed by atoms with E-state index in [1.807, 2.05) is 6.08 Å². The summed E-state index contributed by atoms with van der Waals surface area (Å²) >= 11 is 0. The van der Waals surface area contributed by atoms with Crippen LogP contribution in [0, 0.1) is 27.9 Å². The van der Waals surface area contributed by atoms with Crippen molar-refractivity contribution in [2.45, 2.75) is 25.7 Å². The molecule has 0 spiro atoms. The molecule has 1 fully saturated rings. The predicted molar refractivity (Wildman–Crippen MR) is 142 cm³/mol. The number of ether oxygens (including phenoxy) is 1. The minimum atomic E-state index is -0.842. The first-order chi connectivity index (χ1) is 19.1. The quantitative estimate of drug-likeness (QED) is 0.202. The zero-order valence-electron chi connectivity index (χ0n) is 21.6. The molecule has 4 atom stereocenters. The van der Waals surface area contributed by atoms with Crippen LogP contribution >= 0.6 is 0 Å². The number of hydrogen-bond donors (Lipinski definition) is 1. The molecule has 10 heteroatoms. The van der Waals surface area contributed by atoms with Gasteiger partial charge < -0.3 is 9.84 Å². The summed E-state index contributed by atoms with van der Waals surface area (Å²) in [5.74, 6) is -4.59. The second-order valence-electron chi connectivity index (χ2n) is 10.4. The average molecular weight is 541 g/mol. The second-order valence-corrected chi connectivity index (χ2v) is 10.4. The fourth-order valence-electron chi connectivity index (χ4n) is 6.67. The number of fused-ring (bicyclic) bond motifs is 3. The third-order valence-electron chi connectivity index (χ3n) is 8.42. The zero-order chi connectivity index (χ0) is 28.5. The van der Waals surface area contributed by atoms with Gasteiger partial charge in [0, 0.05) is 40.3 Å². The summed E-state index contributed by atoms with van der Waals surface area (Å²) < 4.78 is 5.30. The lowest BCUT2D eigenvalue weighted by Gasteiger charge is -2.42. The van der Waals surface area contributed by atoms with Crippen molar-refractivity contribution in [2.75, 3.05) is 12.0 Å². The van der Waals surface area contributed by atoms with Crippen molar-refractivity contribution in [3.8, 4) is 11.5 Å². The number of nitrogens with zero attached hydrogens (tertiary/aromatic N) is 2. The van der Waals surface area contributed by atoms with E-state index in [0.717, 1.165) is 4.90 Å². The van der Waals surface area contributed by atoms with E-state index in [1.54, 1.807) is 25.1 Å². The molecule has 2 amide bonds. The Labute approximate surface area is 228 Å². The molecule has 1 aliphatic heterocycles. The Kier molecular flexibility index (Phi) is 5.79. The minimum absolute atomic E-state index is 0.0844. The van der Waals surface area contributed by atoms with E-state index >= 15 is 0 Å². The number of carbonyl (C=O) groups excluding carboxylic acids is 4. The molecule has 10 nitrogen and oxygen atoms in total. The summed E-state index contributed by atoms with van der Waals surface area (Å²) in [5.41, 5.74) is 1.72. The van der Waals surface area contributed by atoms with Crippen molar-refractivity contribution >= 4 is 34.8 Å². The summed E-state index contributed by atoms with van der Waals surface area (Å²) in [5, 5.41) is 22.4. The minimum Gasteiger partial charge on any atom is -0.504 e. The van der Waals surface area contributed by atoms with Gasteiger partial charge in [-0.3, -0.25) is 29.3 Å². The van der Waals surface area contributed by atoms with Crippen LogP contribution in [0.15, 0.2) is 76.9 Å². The molecular formula is C30H24N2O8. The topological polar surface area (TPSA) is 144 Å². The van der Waals surface area contributed by atoms with Crippen LogP contribution in [0.5, 0.6) is 11.5 Å². The third-order valence-corrected chi connectivity index (χ3v) is 8.42. The standard InChI is InChI=1S/C30H24N2O8/c1-14-11-22(33)26-21(27(14)34)13-20-17(24(26)18-7-4-8-23(40-2)28(18)35)9-10-19-25(20)30(37)31(29(19)36)15-5-3-6-16(12-15)32(38)39/h3-9,11-12,19-20,24-25,35H,10,13H2,1-2H3. The van der Waals surface area contributed by atoms with Crippen molar-refractivity contribution in [3.05, 3.63) is 92.6 Å². The number of imide groups is 1. The van der Waals surface area contributed by atoms with Gasteiger partial charge in [0.2, 0.25) is 11.8 Å². The average Bonchev–Trinajstić information content (AvgIpc) is 3.20. The lowest BCUT2D eigenvalue weighted by Crippen LogP contribution is -2.39. The van der Waals surface area contributed by atoms with Crippen LogP contribution in [-0.4, -0.2) is 40.5 Å². The highest BCUT2D eigenvalue weighted by Crippen LogP contribution is 2.57. The van der Waals surface area contributed by atoms with Crippen molar-refractivity contribution in [3.63, 3.8) is 0 Å². The van der Waals surface area contributed by atoms with Gasteiger partial charge in [-0.05, 0) is 43.9 Å². The van der Waals surface area contributed by atoms with Gasteiger partial charge >= 0.3 is 0 Å². The Bertz CT molecular complexity index is 1650. The van der Waals surface area contributed by atoms with Gasteiger partial charge in [0.25, 0.3) is 5.69 Å². The Balaban J connectivity index is 1.49. The molecule has 0 saturated carbocycles. The van der Waals surface area contributed by atoms with E-state index < -0.39 is 40.4 Å². The van der Waals surface area contributed by atoms with Gasteiger partial charge in [-0.2, -0.15) is 0 Å². The molecule has 3 aliphatic carbocycles. The number of nitro benzene ring substituents is 1. The maximum Gasteiger partial charge on any atom is 0.271 e. The van der Waals surface area contributed by atoms with Gasteiger partial charge in [0.1, 0.15) is 0 Å². The summed E-state index contributed by atoms with van der Waals surface area (Å²) in [6.45, 7) is 1.56. The lowest BCUT2D eigenvalue weighted by molar-refractivity contribution is -0.384. The molecule has 4 unspecified atom stereocenters. The number of phenols is 1. The molecule has 0 bridgehead atoms. The molecule has 2 aromatic rings. The molecule has 40 heavy (non-hydrogen) atoms. The number of methoxy groups -OCH3 is 1. The second kappa shape index (κ2) is 9.11. The molecule has 1 saturated heterocycles. The Hall–Kier alpha value is -4.86. The van der Waals surface area contributed by atoms with Crippen molar-refractivity contribution in [2.24, 2.45) is 17.8 Å². The number of carbonyl (C=O) groups is 4. The Morgan fingerprint density at radius 3 is 2.52 bits per heavy atom. The first-order valence-corrected chi connectivity index (χ1v) is 12.8. The highest BCUT2D eigenvalue weighted by atomic mass is 16.6. The molecule has 202 valence electrons. The molecule has 0 radical (unpaired) electrons. The van der Waals surface area contributed by atoms with Crippen LogP contribution in [0.4, 0.5) is 11.4 Å². The molecular weight excluding hydrogens is 516 g/mol. The van der Waals surface area contributed by atoms with E-state index in [-0.39, 0.29) is 64.0 Å². The van der Waals surface area contributed by atoms with Gasteiger partial charge in [0.05, 0.1) is 29.6 Å². The van der Waals surface area contributed by atoms with Crippen LogP contribution in [0.2, 0.25) is 0 Å². The number of allylic oxidation sites excluding steroid dienone is 6. The predicted octanol–water partition coefficient (Wildman–Crippen LogP) is 3.94. The highest BCUT2D eigenvalue weighted by molar-refractivity contribution is 6.25. The fourth-order valence-corrected chi connectivity index (χ4v) is 6.67. The first-order valence-electron chi connectivity index (χ1n) is 12.8. The Morgan fingerprint density at radius 1 is 1.05 bits per heavy atom. The van der Waals surface area contributed by atoms with Crippen molar-refractivity contribution in [1.82, 2.24) is 0 Å². The zero-order valence-corrected chi connectivity index (χ0v) is 21.6. The van der Waals surface area contributed by atoms with E-state index in [0.29, 0.717) is 11.1 Å². The van der Waals surface area contributed by atoms with E-state index in [1.165, 1.54) is 37.5 Å². The van der Waals surface area contributed by atoms with Gasteiger partial charge in [-0.25, -0.2) is 4.90 Å². The molecule has 4 aliphatic rings. The maximum atomic E-state index is 13.9. The van der Waals surface area contributed by atoms with Crippen LogP contribution in [0.3, 0.4) is 0 Å². The number of rotatable bonds is 4. The monoisotopic (exact) mass is 540 g/mol. The number of para-hydroxylation sites is 1. The molecule has 1 N–H and O–H groups in total. The van der Waals surface area contributed by atoms with Crippen molar-refractivity contribution in [1.29, 1.82) is 0 Å². The van der Waals surface area contributed by atoms with Crippen LogP contribution in [-0.2, 0) is 19.2 Å². The van der Waals surface area contributed by atoms with E-state index in [9.17, 15) is 34.4 Å². The number of aromatic hydroxyl groups is 1. The number of ketones is 2. The largest absolute Gasteiger partial charge is 0.504 e. The normalized spacial score (nSPS) is 25.7. The smallest absolute Gasteiger partial charge is 0.271 e.